The Morgan fingerprint density at radius 3 is 3.29 bits per heavy atom. The summed E-state index contributed by atoms with van der Waals surface area (Å²) >= 11 is 0. The van der Waals surface area contributed by atoms with E-state index in [2.05, 4.69) is 22.2 Å². The molecule has 1 fully saturated rings. The molecule has 2 N–H and O–H groups in total. The molecule has 2 heterocycles. The molecular weight excluding hydrogens is 214 g/mol. The Hall–Kier alpha value is -0.870. The zero-order valence-corrected chi connectivity index (χ0v) is 10.6. The summed E-state index contributed by atoms with van der Waals surface area (Å²) in [7, 11) is 0. The molecule has 2 rings (SSSR count). The van der Waals surface area contributed by atoms with Crippen LogP contribution in [0.3, 0.4) is 0 Å². The van der Waals surface area contributed by atoms with E-state index < -0.39 is 0 Å². The number of nitrogens with zero attached hydrogens (tertiary/aromatic N) is 1. The van der Waals surface area contributed by atoms with Crippen LogP contribution in [0.2, 0.25) is 0 Å². The summed E-state index contributed by atoms with van der Waals surface area (Å²) in [5.74, 6) is 0. The third-order valence-electron chi connectivity index (χ3n) is 3.36. The Morgan fingerprint density at radius 2 is 2.53 bits per heavy atom. The van der Waals surface area contributed by atoms with Crippen LogP contribution in [0.4, 0.5) is 0 Å². The lowest BCUT2D eigenvalue weighted by atomic mass is 10.00. The fourth-order valence-electron chi connectivity index (χ4n) is 2.42. The number of imidazole rings is 1. The van der Waals surface area contributed by atoms with Crippen molar-refractivity contribution in [2.45, 2.75) is 51.2 Å². The Balaban J connectivity index is 1.65. The minimum Gasteiger partial charge on any atom is -0.378 e. The van der Waals surface area contributed by atoms with E-state index in [1.807, 2.05) is 6.20 Å². The molecule has 0 saturated carbocycles. The van der Waals surface area contributed by atoms with E-state index in [0.29, 0.717) is 12.1 Å². The van der Waals surface area contributed by atoms with Gasteiger partial charge in [-0.05, 0) is 19.3 Å². The lowest BCUT2D eigenvalue weighted by molar-refractivity contribution is -0.00300. The molecule has 1 saturated heterocycles. The van der Waals surface area contributed by atoms with Crippen molar-refractivity contribution in [2.24, 2.45) is 0 Å². The minimum atomic E-state index is 0.471. The van der Waals surface area contributed by atoms with Crippen LogP contribution in [0.5, 0.6) is 0 Å². The number of aromatic amines is 1. The van der Waals surface area contributed by atoms with Gasteiger partial charge < -0.3 is 15.0 Å². The van der Waals surface area contributed by atoms with E-state index in [1.54, 1.807) is 6.33 Å². The van der Waals surface area contributed by atoms with Gasteiger partial charge in [0.15, 0.2) is 0 Å². The highest BCUT2D eigenvalue weighted by molar-refractivity contribution is 4.94. The fraction of sp³-hybridized carbons (Fsp3) is 0.769. The summed E-state index contributed by atoms with van der Waals surface area (Å²) in [4.78, 5) is 7.15. The molecule has 1 aliphatic rings. The van der Waals surface area contributed by atoms with E-state index in [4.69, 9.17) is 4.74 Å². The lowest BCUT2D eigenvalue weighted by Crippen LogP contribution is -2.39. The van der Waals surface area contributed by atoms with Gasteiger partial charge in [-0.25, -0.2) is 4.98 Å². The predicted octanol–water partition coefficient (Wildman–Crippen LogP) is 1.89. The summed E-state index contributed by atoms with van der Waals surface area (Å²) in [5.41, 5.74) is 1.20. The number of hydrogen-bond acceptors (Lipinski definition) is 3. The van der Waals surface area contributed by atoms with Gasteiger partial charge in [0, 0.05) is 37.5 Å². The topological polar surface area (TPSA) is 49.9 Å². The van der Waals surface area contributed by atoms with Gasteiger partial charge in [0.25, 0.3) is 0 Å². The third kappa shape index (κ3) is 4.13. The first-order valence-corrected chi connectivity index (χ1v) is 6.70. The molecule has 1 aromatic rings. The highest BCUT2D eigenvalue weighted by Gasteiger charge is 2.21. The second-order valence-corrected chi connectivity index (χ2v) is 4.78. The first kappa shape index (κ1) is 12.6. The van der Waals surface area contributed by atoms with Crippen molar-refractivity contribution >= 4 is 0 Å². The summed E-state index contributed by atoms with van der Waals surface area (Å²) < 4.78 is 5.74. The van der Waals surface area contributed by atoms with Gasteiger partial charge in [-0.15, -0.1) is 0 Å². The van der Waals surface area contributed by atoms with E-state index in [0.717, 1.165) is 32.4 Å². The first-order valence-electron chi connectivity index (χ1n) is 6.70. The number of ether oxygens (including phenoxy) is 1. The monoisotopic (exact) mass is 237 g/mol. The number of nitrogens with one attached hydrogen (secondary N) is 2. The van der Waals surface area contributed by atoms with E-state index in [-0.39, 0.29) is 0 Å². The Bertz CT molecular complexity index is 298. The van der Waals surface area contributed by atoms with Crippen LogP contribution < -0.4 is 5.32 Å². The number of hydrogen-bond donors (Lipinski definition) is 2. The molecule has 0 radical (unpaired) electrons. The summed E-state index contributed by atoms with van der Waals surface area (Å²) in [6.07, 6.45) is 9.84. The molecule has 96 valence electrons. The summed E-state index contributed by atoms with van der Waals surface area (Å²) in [6, 6.07) is 0.628. The van der Waals surface area contributed by atoms with Crippen LogP contribution in [0.25, 0.3) is 0 Å². The Labute approximate surface area is 103 Å². The van der Waals surface area contributed by atoms with Crippen LogP contribution in [0, 0.1) is 0 Å². The smallest absolute Gasteiger partial charge is 0.0921 e. The quantitative estimate of drug-likeness (QED) is 0.794. The van der Waals surface area contributed by atoms with Crippen molar-refractivity contribution in [3.8, 4) is 0 Å². The first-order chi connectivity index (χ1) is 8.38. The molecule has 1 aliphatic heterocycles. The standard InChI is InChI=1S/C13H23N3O/c1-2-3-13-8-11(5-7-17-13)15-6-4-12-9-14-10-16-12/h9-11,13,15H,2-8H2,1H3,(H,14,16). The van der Waals surface area contributed by atoms with E-state index in [1.165, 1.54) is 18.5 Å². The van der Waals surface area contributed by atoms with Crippen molar-refractivity contribution in [3.05, 3.63) is 18.2 Å². The van der Waals surface area contributed by atoms with Crippen molar-refractivity contribution in [3.63, 3.8) is 0 Å². The predicted molar refractivity (Wildman–Crippen MR) is 68.0 cm³/mol. The zero-order valence-electron chi connectivity index (χ0n) is 10.6. The number of aromatic nitrogens is 2. The van der Waals surface area contributed by atoms with Gasteiger partial charge in [0.05, 0.1) is 12.4 Å². The molecule has 0 amide bonds. The van der Waals surface area contributed by atoms with Crippen LogP contribution >= 0.6 is 0 Å². The molecule has 0 spiro atoms. The van der Waals surface area contributed by atoms with E-state index in [9.17, 15) is 0 Å². The van der Waals surface area contributed by atoms with Gasteiger partial charge in [-0.1, -0.05) is 13.3 Å². The molecular formula is C13H23N3O. The van der Waals surface area contributed by atoms with E-state index >= 15 is 0 Å². The molecule has 4 heteroatoms. The molecule has 0 aromatic carbocycles. The lowest BCUT2D eigenvalue weighted by Gasteiger charge is -2.30. The van der Waals surface area contributed by atoms with Crippen LogP contribution in [0.1, 0.15) is 38.3 Å². The highest BCUT2D eigenvalue weighted by Crippen LogP contribution is 2.17. The average Bonchev–Trinajstić information content (AvgIpc) is 2.83. The SMILES string of the molecule is CCCC1CC(NCCc2cnc[nH]2)CCO1. The number of H-pyrrole nitrogens is 1. The van der Waals surface area contributed by atoms with Crippen molar-refractivity contribution in [1.29, 1.82) is 0 Å². The van der Waals surface area contributed by atoms with Gasteiger partial charge >= 0.3 is 0 Å². The maximum absolute atomic E-state index is 5.74. The molecule has 2 atom stereocenters. The second kappa shape index (κ2) is 6.77. The highest BCUT2D eigenvalue weighted by atomic mass is 16.5. The number of rotatable bonds is 6. The zero-order chi connectivity index (χ0) is 11.9. The van der Waals surface area contributed by atoms with Gasteiger partial charge in [-0.2, -0.15) is 0 Å². The van der Waals surface area contributed by atoms with Gasteiger partial charge in [0.1, 0.15) is 0 Å². The Kier molecular flexibility index (Phi) is 5.01. The molecule has 0 bridgehead atoms. The van der Waals surface area contributed by atoms with Gasteiger partial charge in [-0.3, -0.25) is 0 Å². The molecule has 0 aliphatic carbocycles. The minimum absolute atomic E-state index is 0.471. The summed E-state index contributed by atoms with van der Waals surface area (Å²) in [5, 5.41) is 3.62. The van der Waals surface area contributed by atoms with Crippen LogP contribution in [-0.4, -0.2) is 35.3 Å². The van der Waals surface area contributed by atoms with Crippen LogP contribution in [-0.2, 0) is 11.2 Å². The van der Waals surface area contributed by atoms with Crippen LogP contribution in [0.15, 0.2) is 12.5 Å². The maximum Gasteiger partial charge on any atom is 0.0921 e. The van der Waals surface area contributed by atoms with Crippen molar-refractivity contribution < 1.29 is 4.74 Å². The largest absolute Gasteiger partial charge is 0.378 e. The normalized spacial score (nSPS) is 25.0. The van der Waals surface area contributed by atoms with Crippen molar-refractivity contribution in [1.82, 2.24) is 15.3 Å². The van der Waals surface area contributed by atoms with Gasteiger partial charge in [0.2, 0.25) is 0 Å². The molecule has 1 aromatic heterocycles. The second-order valence-electron chi connectivity index (χ2n) is 4.78. The average molecular weight is 237 g/mol. The Morgan fingerprint density at radius 1 is 1.59 bits per heavy atom. The fourth-order valence-corrected chi connectivity index (χ4v) is 2.42. The molecule has 17 heavy (non-hydrogen) atoms. The molecule has 2 unspecified atom stereocenters. The maximum atomic E-state index is 5.74. The summed E-state index contributed by atoms with van der Waals surface area (Å²) in [6.45, 7) is 4.15. The van der Waals surface area contributed by atoms with Crippen molar-refractivity contribution in [2.75, 3.05) is 13.2 Å². The third-order valence-corrected chi connectivity index (χ3v) is 3.36. The molecule has 4 nitrogen and oxygen atoms in total.